The van der Waals surface area contributed by atoms with Crippen LogP contribution < -0.4 is 0 Å². The van der Waals surface area contributed by atoms with Gasteiger partial charge in [-0.3, -0.25) is 0 Å². The number of allylic oxidation sites excluding steroid dienone is 2. The van der Waals surface area contributed by atoms with Crippen LogP contribution in [0.25, 0.3) is 0 Å². The van der Waals surface area contributed by atoms with Crippen molar-refractivity contribution in [3.05, 3.63) is 23.3 Å². The van der Waals surface area contributed by atoms with Gasteiger partial charge in [0.2, 0.25) is 0 Å². The van der Waals surface area contributed by atoms with Gasteiger partial charge in [-0.25, -0.2) is 0 Å². The molecule has 0 amide bonds. The average molecular weight is 387 g/mol. The molecular formula is C26H42O2. The third kappa shape index (κ3) is 3.33. The summed E-state index contributed by atoms with van der Waals surface area (Å²) in [6, 6.07) is 0. The van der Waals surface area contributed by atoms with Gasteiger partial charge in [0.05, 0.1) is 18.8 Å². The molecule has 4 aliphatic carbocycles. The van der Waals surface area contributed by atoms with Crippen molar-refractivity contribution in [1.29, 1.82) is 0 Å². The highest BCUT2D eigenvalue weighted by Crippen LogP contribution is 2.66. The van der Waals surface area contributed by atoms with Crippen molar-refractivity contribution in [1.82, 2.24) is 0 Å². The Morgan fingerprint density at radius 1 is 1.18 bits per heavy atom. The first kappa shape index (κ1) is 20.7. The van der Waals surface area contributed by atoms with E-state index in [-0.39, 0.29) is 6.10 Å². The van der Waals surface area contributed by atoms with Crippen LogP contribution in [0.3, 0.4) is 0 Å². The molecule has 4 aliphatic rings. The lowest BCUT2D eigenvalue weighted by atomic mass is 9.47. The molecule has 1 N–H and O–H groups in total. The van der Waals surface area contributed by atoms with E-state index in [1.54, 1.807) is 5.57 Å². The summed E-state index contributed by atoms with van der Waals surface area (Å²) in [5, 5.41) is 10.2. The molecule has 0 saturated heterocycles. The van der Waals surface area contributed by atoms with Gasteiger partial charge in [-0.15, -0.1) is 0 Å². The molecule has 0 aromatic heterocycles. The molecular weight excluding hydrogens is 344 g/mol. The molecule has 0 aliphatic heterocycles. The largest absolute Gasteiger partial charge is 0.393 e. The molecule has 8 unspecified atom stereocenters. The number of aliphatic hydroxyl groups is 1. The number of hydrogen-bond donors (Lipinski definition) is 1. The molecule has 2 nitrogen and oxygen atoms in total. The highest BCUT2D eigenvalue weighted by atomic mass is 16.5. The van der Waals surface area contributed by atoms with Crippen molar-refractivity contribution in [3.8, 4) is 0 Å². The van der Waals surface area contributed by atoms with Crippen LogP contribution in [0.4, 0.5) is 0 Å². The summed E-state index contributed by atoms with van der Waals surface area (Å²) >= 11 is 0. The first-order valence-corrected chi connectivity index (χ1v) is 11.9. The van der Waals surface area contributed by atoms with Crippen LogP contribution in [0.5, 0.6) is 0 Å². The molecule has 28 heavy (non-hydrogen) atoms. The highest BCUT2D eigenvalue weighted by Gasteiger charge is 2.59. The van der Waals surface area contributed by atoms with Crippen molar-refractivity contribution >= 4 is 0 Å². The Kier molecular flexibility index (Phi) is 5.59. The zero-order valence-corrected chi connectivity index (χ0v) is 18.8. The van der Waals surface area contributed by atoms with E-state index in [1.807, 2.05) is 0 Å². The number of rotatable bonds is 4. The van der Waals surface area contributed by atoms with E-state index >= 15 is 0 Å². The van der Waals surface area contributed by atoms with Crippen molar-refractivity contribution < 1.29 is 9.84 Å². The average Bonchev–Trinajstić information content (AvgIpc) is 2.99. The lowest BCUT2D eigenvalue weighted by Crippen LogP contribution is -2.51. The first-order valence-electron chi connectivity index (χ1n) is 11.9. The molecule has 2 heteroatoms. The molecule has 158 valence electrons. The van der Waals surface area contributed by atoms with Gasteiger partial charge >= 0.3 is 0 Å². The van der Waals surface area contributed by atoms with Gasteiger partial charge in [-0.1, -0.05) is 37.1 Å². The van der Waals surface area contributed by atoms with Crippen LogP contribution in [-0.2, 0) is 4.74 Å². The fourth-order valence-corrected chi connectivity index (χ4v) is 7.94. The second-order valence-corrected chi connectivity index (χ2v) is 11.2. The maximum Gasteiger partial charge on any atom is 0.0653 e. The molecule has 4 rings (SSSR count). The van der Waals surface area contributed by atoms with Crippen LogP contribution in [0.15, 0.2) is 23.3 Å². The van der Waals surface area contributed by atoms with E-state index in [0.717, 1.165) is 37.2 Å². The first-order chi connectivity index (χ1) is 13.3. The summed E-state index contributed by atoms with van der Waals surface area (Å²) < 4.78 is 6.29. The maximum absolute atomic E-state index is 10.2. The van der Waals surface area contributed by atoms with Crippen molar-refractivity contribution in [2.75, 3.05) is 6.61 Å². The quantitative estimate of drug-likeness (QED) is 0.575. The fraction of sp³-hybridized carbons (Fsp3) is 0.846. The number of aliphatic hydroxyl groups excluding tert-OH is 1. The van der Waals surface area contributed by atoms with E-state index in [9.17, 15) is 5.11 Å². The van der Waals surface area contributed by atoms with Gasteiger partial charge < -0.3 is 9.84 Å². The Balaban J connectivity index is 1.51. The van der Waals surface area contributed by atoms with Gasteiger partial charge in [0.25, 0.3) is 0 Å². The molecule has 0 aromatic carbocycles. The predicted octanol–water partition coefficient (Wildman–Crippen LogP) is 6.30. The Labute approximate surface area is 172 Å². The minimum Gasteiger partial charge on any atom is -0.393 e. The predicted molar refractivity (Wildman–Crippen MR) is 116 cm³/mol. The molecule has 0 heterocycles. The monoisotopic (exact) mass is 386 g/mol. The fourth-order valence-electron chi connectivity index (χ4n) is 7.94. The van der Waals surface area contributed by atoms with Crippen LogP contribution in [0.2, 0.25) is 0 Å². The molecule has 0 spiro atoms. The molecule has 0 aromatic rings. The Morgan fingerprint density at radius 3 is 2.71 bits per heavy atom. The van der Waals surface area contributed by atoms with E-state index in [0.29, 0.717) is 22.9 Å². The van der Waals surface area contributed by atoms with Crippen LogP contribution in [0, 0.1) is 34.5 Å². The van der Waals surface area contributed by atoms with Crippen LogP contribution in [-0.4, -0.2) is 23.9 Å². The Bertz CT molecular complexity index is 645. The standard InChI is InChI=1S/C26H42O2/c1-17(2)12-15-28-18(3)22-8-9-23-21-7-6-19-16-20(27)10-13-25(19,4)24(21)11-14-26(22,23)5/h6,12,18,20-24,27H,7-11,13-16H2,1-5H3. The second-order valence-electron chi connectivity index (χ2n) is 11.2. The summed E-state index contributed by atoms with van der Waals surface area (Å²) in [5.74, 6) is 3.24. The molecule has 8 atom stereocenters. The second kappa shape index (κ2) is 7.58. The zero-order chi connectivity index (χ0) is 20.1. The topological polar surface area (TPSA) is 29.5 Å². The van der Waals surface area contributed by atoms with Gasteiger partial charge in [0.1, 0.15) is 0 Å². The van der Waals surface area contributed by atoms with Gasteiger partial charge in [-0.2, -0.15) is 0 Å². The van der Waals surface area contributed by atoms with E-state index in [2.05, 4.69) is 46.8 Å². The number of fused-ring (bicyclic) bond motifs is 5. The Morgan fingerprint density at radius 2 is 1.96 bits per heavy atom. The van der Waals surface area contributed by atoms with E-state index < -0.39 is 0 Å². The van der Waals surface area contributed by atoms with Gasteiger partial charge in [-0.05, 0) is 107 Å². The number of hydrogen-bond acceptors (Lipinski definition) is 2. The Hall–Kier alpha value is -0.600. The third-order valence-corrected chi connectivity index (χ3v) is 9.57. The molecule has 3 fully saturated rings. The van der Waals surface area contributed by atoms with Gasteiger partial charge in [0, 0.05) is 0 Å². The van der Waals surface area contributed by atoms with Crippen molar-refractivity contribution in [3.63, 3.8) is 0 Å². The van der Waals surface area contributed by atoms with E-state index in [1.165, 1.54) is 44.1 Å². The minimum atomic E-state index is -0.0978. The third-order valence-electron chi connectivity index (χ3n) is 9.57. The minimum absolute atomic E-state index is 0.0978. The summed E-state index contributed by atoms with van der Waals surface area (Å²) in [6.45, 7) is 12.5. The number of ether oxygens (including phenoxy) is 1. The highest BCUT2D eigenvalue weighted by molar-refractivity contribution is 5.25. The molecule has 3 saturated carbocycles. The molecule has 0 bridgehead atoms. The summed E-state index contributed by atoms with van der Waals surface area (Å²) in [6.07, 6.45) is 14.9. The van der Waals surface area contributed by atoms with E-state index in [4.69, 9.17) is 4.74 Å². The summed E-state index contributed by atoms with van der Waals surface area (Å²) in [5.41, 5.74) is 3.73. The normalized spacial score (nSPS) is 46.1. The van der Waals surface area contributed by atoms with Crippen molar-refractivity contribution in [2.45, 2.75) is 98.2 Å². The van der Waals surface area contributed by atoms with Crippen LogP contribution in [0.1, 0.15) is 86.0 Å². The zero-order valence-electron chi connectivity index (χ0n) is 18.8. The lowest BCUT2D eigenvalue weighted by molar-refractivity contribution is -0.0777. The summed E-state index contributed by atoms with van der Waals surface area (Å²) in [7, 11) is 0. The van der Waals surface area contributed by atoms with Crippen molar-refractivity contribution in [2.24, 2.45) is 34.5 Å². The van der Waals surface area contributed by atoms with Crippen LogP contribution >= 0.6 is 0 Å². The lowest BCUT2D eigenvalue weighted by Gasteiger charge is -2.58. The summed E-state index contributed by atoms with van der Waals surface area (Å²) in [4.78, 5) is 0. The SMILES string of the molecule is CC(C)=CCOC(C)C1CCC2C3CC=C4CC(O)CCC4(C)C3CCC12C. The molecule has 0 radical (unpaired) electrons. The maximum atomic E-state index is 10.2. The smallest absolute Gasteiger partial charge is 0.0653 e. The van der Waals surface area contributed by atoms with Gasteiger partial charge in [0.15, 0.2) is 0 Å².